The number of hydrogen-bond acceptors (Lipinski definition) is 6. The molecule has 1 aromatic carbocycles. The number of thiazole rings is 1. The summed E-state index contributed by atoms with van der Waals surface area (Å²) < 4.78 is 5.74. The number of benzene rings is 1. The van der Waals surface area contributed by atoms with E-state index in [0.29, 0.717) is 11.5 Å². The predicted molar refractivity (Wildman–Crippen MR) is 121 cm³/mol. The molecule has 1 aliphatic rings. The summed E-state index contributed by atoms with van der Waals surface area (Å²) in [4.78, 5) is 33.9. The molecule has 1 fully saturated rings. The normalized spacial score (nSPS) is 14.8. The molecule has 31 heavy (non-hydrogen) atoms. The summed E-state index contributed by atoms with van der Waals surface area (Å²) in [5, 5.41) is 6.34. The fourth-order valence-corrected chi connectivity index (χ4v) is 5.08. The van der Waals surface area contributed by atoms with Gasteiger partial charge in [0.05, 0.1) is 10.6 Å². The number of nitrogens with zero attached hydrogens (tertiary/aromatic N) is 2. The highest BCUT2D eigenvalue weighted by Crippen LogP contribution is 2.46. The van der Waals surface area contributed by atoms with Crippen molar-refractivity contribution in [3.8, 4) is 10.4 Å². The van der Waals surface area contributed by atoms with Gasteiger partial charge in [-0.05, 0) is 56.9 Å². The van der Waals surface area contributed by atoms with Gasteiger partial charge in [-0.1, -0.05) is 18.2 Å². The van der Waals surface area contributed by atoms with Crippen LogP contribution in [-0.2, 0) is 15.1 Å². The molecule has 0 radical (unpaired) electrons. The minimum Gasteiger partial charge on any atom is -0.452 e. The minimum absolute atomic E-state index is 0.276. The van der Waals surface area contributed by atoms with Gasteiger partial charge in [-0.3, -0.25) is 10.1 Å². The van der Waals surface area contributed by atoms with Crippen LogP contribution in [0.5, 0.6) is 0 Å². The Hall–Kier alpha value is -3.26. The predicted octanol–water partition coefficient (Wildman–Crippen LogP) is 5.49. The van der Waals surface area contributed by atoms with E-state index in [-0.39, 0.29) is 12.0 Å². The number of amides is 2. The molecular formula is C23H24N4O3S. The van der Waals surface area contributed by atoms with Gasteiger partial charge in [-0.2, -0.15) is 0 Å². The smallest absolute Gasteiger partial charge is 0.324 e. The van der Waals surface area contributed by atoms with E-state index in [1.165, 1.54) is 6.92 Å². The van der Waals surface area contributed by atoms with Crippen LogP contribution < -0.4 is 10.6 Å². The van der Waals surface area contributed by atoms with E-state index >= 15 is 0 Å². The zero-order chi connectivity index (χ0) is 21.8. The van der Waals surface area contributed by atoms with Crippen molar-refractivity contribution in [2.24, 2.45) is 0 Å². The first-order chi connectivity index (χ1) is 14.9. The summed E-state index contributed by atoms with van der Waals surface area (Å²) in [5.74, 6) is 0.175. The van der Waals surface area contributed by atoms with Crippen LogP contribution in [0.15, 0.2) is 48.7 Å². The number of aryl methyl sites for hydroxylation is 1. The molecule has 4 rings (SSSR count). The van der Waals surface area contributed by atoms with Gasteiger partial charge in [0.25, 0.3) is 0 Å². The number of nitrogens with one attached hydrogen (secondary N) is 2. The van der Waals surface area contributed by atoms with E-state index < -0.39 is 5.60 Å². The van der Waals surface area contributed by atoms with Crippen molar-refractivity contribution in [3.05, 3.63) is 59.4 Å². The van der Waals surface area contributed by atoms with Crippen LogP contribution in [0.25, 0.3) is 10.4 Å². The Labute approximate surface area is 184 Å². The van der Waals surface area contributed by atoms with Crippen molar-refractivity contribution in [2.75, 3.05) is 10.6 Å². The molecule has 2 heterocycles. The molecule has 0 saturated heterocycles. The molecule has 0 atom stereocenters. The third-order valence-electron chi connectivity index (χ3n) is 5.24. The number of para-hydroxylation sites is 1. The quantitative estimate of drug-likeness (QED) is 0.516. The average molecular weight is 437 g/mol. The molecule has 2 aromatic heterocycles. The Morgan fingerprint density at radius 3 is 2.45 bits per heavy atom. The van der Waals surface area contributed by atoms with E-state index in [4.69, 9.17) is 9.72 Å². The van der Waals surface area contributed by atoms with Crippen molar-refractivity contribution < 1.29 is 14.3 Å². The highest BCUT2D eigenvalue weighted by atomic mass is 32.1. The number of carbonyl (C=O) groups excluding carboxylic acids is 2. The summed E-state index contributed by atoms with van der Waals surface area (Å²) >= 11 is 1.54. The van der Waals surface area contributed by atoms with Gasteiger partial charge in [0.1, 0.15) is 10.8 Å². The van der Waals surface area contributed by atoms with Crippen LogP contribution >= 0.6 is 11.3 Å². The van der Waals surface area contributed by atoms with Gasteiger partial charge in [0.2, 0.25) is 0 Å². The van der Waals surface area contributed by atoms with Gasteiger partial charge in [0, 0.05) is 24.4 Å². The molecular weight excluding hydrogens is 412 g/mol. The Bertz CT molecular complexity index is 1070. The minimum atomic E-state index is -0.607. The SMILES string of the molecule is CC(=O)OC1(c2nc(C)c(-c3ccc(NC(=O)Nc4ccccc4)nc3)s2)CCCC1. The lowest BCUT2D eigenvalue weighted by molar-refractivity contribution is -0.157. The monoisotopic (exact) mass is 436 g/mol. The Morgan fingerprint density at radius 2 is 1.81 bits per heavy atom. The maximum Gasteiger partial charge on any atom is 0.324 e. The fraction of sp³-hybridized carbons (Fsp3) is 0.304. The van der Waals surface area contributed by atoms with Crippen molar-refractivity contribution in [1.29, 1.82) is 0 Å². The van der Waals surface area contributed by atoms with E-state index in [0.717, 1.165) is 46.8 Å². The maximum absolute atomic E-state index is 12.2. The molecule has 0 aliphatic heterocycles. The second kappa shape index (κ2) is 8.85. The third kappa shape index (κ3) is 4.74. The highest BCUT2D eigenvalue weighted by molar-refractivity contribution is 7.15. The molecule has 0 bridgehead atoms. The van der Waals surface area contributed by atoms with Gasteiger partial charge in [0.15, 0.2) is 5.60 Å². The van der Waals surface area contributed by atoms with Gasteiger partial charge >= 0.3 is 12.0 Å². The molecule has 160 valence electrons. The number of ether oxygens (including phenoxy) is 1. The molecule has 1 saturated carbocycles. The van der Waals surface area contributed by atoms with Crippen LogP contribution in [0.4, 0.5) is 16.3 Å². The number of rotatable bonds is 5. The molecule has 0 unspecified atom stereocenters. The van der Waals surface area contributed by atoms with Crippen LogP contribution in [0.1, 0.15) is 43.3 Å². The van der Waals surface area contributed by atoms with E-state index in [2.05, 4.69) is 15.6 Å². The second-order valence-corrected chi connectivity index (χ2v) is 8.60. The number of aromatic nitrogens is 2. The number of anilines is 2. The summed E-state index contributed by atoms with van der Waals surface area (Å²) in [6.45, 7) is 3.40. The van der Waals surface area contributed by atoms with Crippen molar-refractivity contribution in [3.63, 3.8) is 0 Å². The van der Waals surface area contributed by atoms with Gasteiger partial charge in [-0.15, -0.1) is 11.3 Å². The third-order valence-corrected chi connectivity index (χ3v) is 6.63. The van der Waals surface area contributed by atoms with Crippen molar-refractivity contribution in [2.45, 2.75) is 45.1 Å². The highest BCUT2D eigenvalue weighted by Gasteiger charge is 2.42. The molecule has 2 amide bonds. The zero-order valence-electron chi connectivity index (χ0n) is 17.5. The first kappa shape index (κ1) is 21.0. The van der Waals surface area contributed by atoms with E-state index in [9.17, 15) is 9.59 Å². The lowest BCUT2D eigenvalue weighted by atomic mass is 10.0. The summed E-state index contributed by atoms with van der Waals surface area (Å²) in [7, 11) is 0. The largest absolute Gasteiger partial charge is 0.452 e. The Kier molecular flexibility index (Phi) is 5.99. The molecule has 1 aliphatic carbocycles. The fourth-order valence-electron chi connectivity index (χ4n) is 3.84. The standard InChI is InChI=1S/C23H24N4O3S/c1-15-20(31-21(25-15)23(30-16(2)28)12-6-7-13-23)17-10-11-19(24-14-17)27-22(29)26-18-8-4-3-5-9-18/h3-5,8-11,14H,6-7,12-13H2,1-2H3,(H2,24,26,27,29). The number of esters is 1. The first-order valence-corrected chi connectivity index (χ1v) is 11.0. The van der Waals surface area contributed by atoms with E-state index in [1.54, 1.807) is 23.6 Å². The molecule has 7 nitrogen and oxygen atoms in total. The molecule has 8 heteroatoms. The van der Waals surface area contributed by atoms with Crippen LogP contribution in [0.3, 0.4) is 0 Å². The summed E-state index contributed by atoms with van der Waals surface area (Å²) in [6.07, 6.45) is 5.37. The topological polar surface area (TPSA) is 93.2 Å². The number of carbonyl (C=O) groups is 2. The summed E-state index contributed by atoms with van der Waals surface area (Å²) in [6, 6.07) is 12.5. The number of hydrogen-bond donors (Lipinski definition) is 2. The first-order valence-electron chi connectivity index (χ1n) is 10.2. The van der Waals surface area contributed by atoms with E-state index in [1.807, 2.05) is 43.3 Å². The van der Waals surface area contributed by atoms with Crippen molar-refractivity contribution >= 4 is 34.8 Å². The van der Waals surface area contributed by atoms with Gasteiger partial charge < -0.3 is 10.1 Å². The van der Waals surface area contributed by atoms with Crippen molar-refractivity contribution in [1.82, 2.24) is 9.97 Å². The Balaban J connectivity index is 1.49. The van der Waals surface area contributed by atoms with Crippen LogP contribution in [-0.4, -0.2) is 22.0 Å². The Morgan fingerprint density at radius 1 is 1.06 bits per heavy atom. The number of pyridine rings is 1. The summed E-state index contributed by atoms with van der Waals surface area (Å²) in [5.41, 5.74) is 1.89. The molecule has 0 spiro atoms. The maximum atomic E-state index is 12.2. The lowest BCUT2D eigenvalue weighted by Crippen LogP contribution is -2.28. The molecule has 2 N–H and O–H groups in total. The number of urea groups is 1. The van der Waals surface area contributed by atoms with Gasteiger partial charge in [-0.25, -0.2) is 14.8 Å². The lowest BCUT2D eigenvalue weighted by Gasteiger charge is -2.26. The second-order valence-electron chi connectivity index (χ2n) is 7.61. The van der Waals surface area contributed by atoms with Crippen LogP contribution in [0, 0.1) is 6.92 Å². The zero-order valence-corrected chi connectivity index (χ0v) is 18.3. The van der Waals surface area contributed by atoms with Crippen LogP contribution in [0.2, 0.25) is 0 Å². The average Bonchev–Trinajstić information content (AvgIpc) is 3.36. The molecule has 3 aromatic rings.